The van der Waals surface area contributed by atoms with Crippen molar-refractivity contribution in [2.75, 3.05) is 20.1 Å². The summed E-state index contributed by atoms with van der Waals surface area (Å²) in [5.41, 5.74) is 5.33. The normalized spacial score (nSPS) is 12.5. The molecule has 17 heavy (non-hydrogen) atoms. The van der Waals surface area contributed by atoms with Crippen LogP contribution >= 0.6 is 12.4 Å². The number of nitrogens with two attached hydrogens (primary N) is 1. The fourth-order valence-electron chi connectivity index (χ4n) is 1.30. The van der Waals surface area contributed by atoms with Crippen LogP contribution in [0, 0.1) is 5.41 Å². The lowest BCUT2D eigenvalue weighted by Crippen LogP contribution is -2.39. The lowest BCUT2D eigenvalue weighted by atomic mass is 9.94. The first-order valence-electron chi connectivity index (χ1n) is 4.94. The van der Waals surface area contributed by atoms with E-state index in [0.29, 0.717) is 13.1 Å². The molecule has 3 N–H and O–H groups in total. The molecule has 1 aromatic rings. The highest BCUT2D eigenvalue weighted by Crippen LogP contribution is 2.18. The molecule has 0 aliphatic carbocycles. The summed E-state index contributed by atoms with van der Waals surface area (Å²) in [5.74, 6) is 0. The van der Waals surface area contributed by atoms with Gasteiger partial charge in [-0.15, -0.1) is 12.4 Å². The third-order valence-corrected chi connectivity index (χ3v) is 4.09. The molecule has 0 amide bonds. The number of hydrogen-bond acceptors (Lipinski definition) is 4. The summed E-state index contributed by atoms with van der Waals surface area (Å²) >= 11 is 0. The molecule has 0 aliphatic rings. The molecule has 0 aliphatic heterocycles. The highest BCUT2D eigenvalue weighted by Gasteiger charge is 2.27. The van der Waals surface area contributed by atoms with Gasteiger partial charge in [0, 0.05) is 13.6 Å². The molecular formula is C9H19ClN4O2S. The van der Waals surface area contributed by atoms with Gasteiger partial charge in [0.05, 0.1) is 12.5 Å². The number of hydrogen-bond donors (Lipinski definition) is 2. The Hall–Kier alpha value is -0.630. The number of nitrogens with zero attached hydrogens (tertiary/aromatic N) is 2. The van der Waals surface area contributed by atoms with Crippen molar-refractivity contribution in [2.45, 2.75) is 18.9 Å². The van der Waals surface area contributed by atoms with E-state index in [1.54, 1.807) is 0 Å². The van der Waals surface area contributed by atoms with Crippen molar-refractivity contribution in [3.8, 4) is 0 Å². The molecule has 0 fully saturated rings. The first-order valence-corrected chi connectivity index (χ1v) is 6.38. The number of imidazole rings is 1. The lowest BCUT2D eigenvalue weighted by molar-refractivity contribution is 0.291. The van der Waals surface area contributed by atoms with Crippen LogP contribution in [0.25, 0.3) is 0 Å². The van der Waals surface area contributed by atoms with Crippen LogP contribution in [-0.2, 0) is 10.0 Å². The largest absolute Gasteiger partial charge is 0.335 e. The number of aromatic amines is 1. The first-order chi connectivity index (χ1) is 7.29. The van der Waals surface area contributed by atoms with E-state index in [2.05, 4.69) is 9.97 Å². The van der Waals surface area contributed by atoms with E-state index >= 15 is 0 Å². The van der Waals surface area contributed by atoms with Gasteiger partial charge in [-0.05, 0) is 12.0 Å². The van der Waals surface area contributed by atoms with Crippen LogP contribution < -0.4 is 5.73 Å². The molecule has 1 heterocycles. The zero-order valence-electron chi connectivity index (χ0n) is 10.2. The SMILES string of the molecule is CN(CC(C)(C)CN)S(=O)(=O)c1cnc[nH]1.Cl. The van der Waals surface area contributed by atoms with Crippen LogP contribution in [0.3, 0.4) is 0 Å². The van der Waals surface area contributed by atoms with Crippen molar-refractivity contribution < 1.29 is 8.42 Å². The Kier molecular flexibility index (Phi) is 5.60. The van der Waals surface area contributed by atoms with Crippen LogP contribution in [0.5, 0.6) is 0 Å². The predicted molar refractivity (Wildman–Crippen MR) is 68.5 cm³/mol. The Morgan fingerprint density at radius 1 is 1.53 bits per heavy atom. The van der Waals surface area contributed by atoms with Gasteiger partial charge in [-0.2, -0.15) is 4.31 Å². The van der Waals surface area contributed by atoms with E-state index < -0.39 is 10.0 Å². The minimum Gasteiger partial charge on any atom is -0.335 e. The zero-order chi connectivity index (χ0) is 12.4. The summed E-state index contributed by atoms with van der Waals surface area (Å²) < 4.78 is 25.3. The fourth-order valence-corrected chi connectivity index (χ4v) is 2.56. The van der Waals surface area contributed by atoms with Gasteiger partial charge < -0.3 is 10.7 Å². The summed E-state index contributed by atoms with van der Waals surface area (Å²) in [6, 6.07) is 0. The van der Waals surface area contributed by atoms with Crippen LogP contribution in [0.4, 0.5) is 0 Å². The van der Waals surface area contributed by atoms with Gasteiger partial charge in [-0.1, -0.05) is 13.8 Å². The summed E-state index contributed by atoms with van der Waals surface area (Å²) in [6.07, 6.45) is 2.63. The Morgan fingerprint density at radius 2 is 2.12 bits per heavy atom. The van der Waals surface area contributed by atoms with Gasteiger partial charge in [0.2, 0.25) is 0 Å². The van der Waals surface area contributed by atoms with E-state index in [1.165, 1.54) is 23.9 Å². The molecule has 0 saturated heterocycles. The van der Waals surface area contributed by atoms with Crippen LogP contribution in [0.15, 0.2) is 17.6 Å². The van der Waals surface area contributed by atoms with E-state index in [9.17, 15) is 8.42 Å². The summed E-state index contributed by atoms with van der Waals surface area (Å²) in [4.78, 5) is 6.29. The maximum absolute atomic E-state index is 12.0. The molecule has 0 bridgehead atoms. The van der Waals surface area contributed by atoms with Crippen molar-refractivity contribution in [3.05, 3.63) is 12.5 Å². The van der Waals surface area contributed by atoms with Gasteiger partial charge in [0.25, 0.3) is 10.0 Å². The van der Waals surface area contributed by atoms with Gasteiger partial charge in [0.15, 0.2) is 5.03 Å². The Labute approximate surface area is 108 Å². The van der Waals surface area contributed by atoms with Crippen molar-refractivity contribution >= 4 is 22.4 Å². The number of nitrogens with one attached hydrogen (secondary N) is 1. The second-order valence-electron chi connectivity index (χ2n) is 4.55. The number of H-pyrrole nitrogens is 1. The average molecular weight is 283 g/mol. The smallest absolute Gasteiger partial charge is 0.259 e. The van der Waals surface area contributed by atoms with Crippen molar-refractivity contribution in [1.82, 2.24) is 14.3 Å². The highest BCUT2D eigenvalue weighted by molar-refractivity contribution is 7.89. The molecule has 0 radical (unpaired) electrons. The fraction of sp³-hybridized carbons (Fsp3) is 0.667. The van der Waals surface area contributed by atoms with Crippen LogP contribution in [0.2, 0.25) is 0 Å². The van der Waals surface area contributed by atoms with E-state index in [-0.39, 0.29) is 22.8 Å². The van der Waals surface area contributed by atoms with Gasteiger partial charge in [0.1, 0.15) is 0 Å². The average Bonchev–Trinajstić information content (AvgIpc) is 2.70. The number of rotatable bonds is 5. The molecule has 0 atom stereocenters. The van der Waals surface area contributed by atoms with Crippen molar-refractivity contribution in [1.29, 1.82) is 0 Å². The molecule has 1 rings (SSSR count). The number of aromatic nitrogens is 2. The van der Waals surface area contributed by atoms with E-state index in [4.69, 9.17) is 5.73 Å². The number of halogens is 1. The van der Waals surface area contributed by atoms with Crippen LogP contribution in [0.1, 0.15) is 13.8 Å². The monoisotopic (exact) mass is 282 g/mol. The molecule has 0 unspecified atom stereocenters. The minimum absolute atomic E-state index is 0. The van der Waals surface area contributed by atoms with E-state index in [0.717, 1.165) is 0 Å². The Bertz CT molecular complexity index is 430. The third kappa shape index (κ3) is 3.95. The predicted octanol–water partition coefficient (Wildman–Crippen LogP) is 0.437. The Balaban J connectivity index is 0.00000256. The molecular weight excluding hydrogens is 264 g/mol. The maximum atomic E-state index is 12.0. The summed E-state index contributed by atoms with van der Waals surface area (Å²) in [6.45, 7) is 4.64. The molecule has 0 saturated carbocycles. The lowest BCUT2D eigenvalue weighted by Gasteiger charge is -2.27. The third-order valence-electron chi connectivity index (χ3n) is 2.36. The topological polar surface area (TPSA) is 92.1 Å². The molecule has 100 valence electrons. The van der Waals surface area contributed by atoms with Crippen molar-refractivity contribution in [2.24, 2.45) is 11.1 Å². The highest BCUT2D eigenvalue weighted by atomic mass is 35.5. The molecule has 0 aromatic carbocycles. The maximum Gasteiger partial charge on any atom is 0.259 e. The molecule has 1 aromatic heterocycles. The van der Waals surface area contributed by atoms with Crippen LogP contribution in [-0.4, -0.2) is 42.8 Å². The Morgan fingerprint density at radius 3 is 2.53 bits per heavy atom. The van der Waals surface area contributed by atoms with Gasteiger partial charge in [-0.3, -0.25) is 0 Å². The summed E-state index contributed by atoms with van der Waals surface area (Å²) in [7, 11) is -1.94. The first kappa shape index (κ1) is 16.4. The summed E-state index contributed by atoms with van der Waals surface area (Å²) in [5, 5.41) is 0.0998. The second-order valence-corrected chi connectivity index (χ2v) is 6.56. The molecule has 6 nitrogen and oxygen atoms in total. The van der Waals surface area contributed by atoms with Gasteiger partial charge >= 0.3 is 0 Å². The number of sulfonamides is 1. The molecule has 8 heteroatoms. The second kappa shape index (κ2) is 5.81. The zero-order valence-corrected chi connectivity index (χ0v) is 11.8. The standard InChI is InChI=1S/C9H18N4O2S.ClH/c1-9(2,5-10)6-13(3)16(14,15)8-4-11-7-12-8;/h4,7H,5-6,10H2,1-3H3,(H,11,12);1H. The van der Waals surface area contributed by atoms with E-state index in [1.807, 2.05) is 13.8 Å². The van der Waals surface area contributed by atoms with Gasteiger partial charge in [-0.25, -0.2) is 13.4 Å². The quantitative estimate of drug-likeness (QED) is 0.819. The molecule has 0 spiro atoms. The minimum atomic E-state index is -3.48. The van der Waals surface area contributed by atoms with Crippen molar-refractivity contribution in [3.63, 3.8) is 0 Å².